The molecule has 5 heteroatoms. The number of aryl methyl sites for hydroxylation is 2. The quantitative estimate of drug-likeness (QED) is 0.670. The number of hydrogen-bond donors (Lipinski definition) is 1. The molecule has 1 heterocycles. The molecule has 0 saturated heterocycles. The third-order valence-electron chi connectivity index (χ3n) is 4.01. The zero-order chi connectivity index (χ0) is 17.1. The maximum atomic E-state index is 12.4. The van der Waals surface area contributed by atoms with Crippen molar-refractivity contribution in [2.24, 2.45) is 0 Å². The zero-order valence-electron chi connectivity index (χ0n) is 13.5. The van der Waals surface area contributed by atoms with Gasteiger partial charge < -0.3 is 10.1 Å². The number of nitrogens with one attached hydrogen (secondary N) is 1. The fraction of sp³-hybridized carbons (Fsp3) is 0.263. The van der Waals surface area contributed by atoms with Crippen molar-refractivity contribution in [2.75, 3.05) is 6.54 Å². The van der Waals surface area contributed by atoms with Gasteiger partial charge in [-0.1, -0.05) is 30.3 Å². The summed E-state index contributed by atoms with van der Waals surface area (Å²) in [5, 5.41) is 2.62. The summed E-state index contributed by atoms with van der Waals surface area (Å²) in [4.78, 5) is 25.8. The summed E-state index contributed by atoms with van der Waals surface area (Å²) in [6.07, 6.45) is 2.65. The van der Waals surface area contributed by atoms with Crippen LogP contribution in [0.1, 0.15) is 27.7 Å². The number of amides is 1. The molecule has 1 aliphatic rings. The lowest BCUT2D eigenvalue weighted by Crippen LogP contribution is -2.35. The van der Waals surface area contributed by atoms with E-state index in [4.69, 9.17) is 4.74 Å². The molecule has 0 unspecified atom stereocenters. The molecule has 1 aromatic heterocycles. The predicted molar refractivity (Wildman–Crippen MR) is 95.2 cm³/mol. The van der Waals surface area contributed by atoms with Gasteiger partial charge in [0, 0.05) is 11.4 Å². The van der Waals surface area contributed by atoms with E-state index in [9.17, 15) is 9.59 Å². The van der Waals surface area contributed by atoms with Gasteiger partial charge in [-0.25, -0.2) is 4.79 Å². The van der Waals surface area contributed by atoms with Gasteiger partial charge in [0.15, 0.2) is 6.10 Å². The van der Waals surface area contributed by atoms with Crippen molar-refractivity contribution in [2.45, 2.75) is 25.9 Å². The summed E-state index contributed by atoms with van der Waals surface area (Å²) >= 11 is 1.44. The van der Waals surface area contributed by atoms with Crippen molar-refractivity contribution in [3.8, 4) is 10.4 Å². The van der Waals surface area contributed by atoms with E-state index < -0.39 is 12.1 Å². The molecule has 1 amide bonds. The Balaban J connectivity index is 1.75. The first kappa shape index (κ1) is 16.5. The Kier molecular flexibility index (Phi) is 4.81. The standard InChI is InChI=1S/C19H19NO3S/c1-3-10-20-18(21)12(2)23-19(22)16-11-14-9-8-13-6-4-5-7-15(13)17(14)24-16/h3-7,11-12H,1,8-10H2,2H3,(H,20,21)/t12-/m0/s1. The zero-order valence-corrected chi connectivity index (χ0v) is 14.3. The number of carbonyl (C=O) groups excluding carboxylic acids is 2. The van der Waals surface area contributed by atoms with Gasteiger partial charge in [-0.15, -0.1) is 17.9 Å². The van der Waals surface area contributed by atoms with E-state index in [-0.39, 0.29) is 5.91 Å². The Bertz CT molecular complexity index is 794. The minimum atomic E-state index is -0.830. The van der Waals surface area contributed by atoms with Crippen LogP contribution in [0.5, 0.6) is 0 Å². The lowest BCUT2D eigenvalue weighted by molar-refractivity contribution is -0.128. The molecule has 0 spiro atoms. The molecule has 0 bridgehead atoms. The highest BCUT2D eigenvalue weighted by molar-refractivity contribution is 7.17. The second-order valence-corrected chi connectivity index (χ2v) is 6.76. The number of rotatable bonds is 5. The number of fused-ring (bicyclic) bond motifs is 3. The normalized spacial score (nSPS) is 13.4. The third kappa shape index (κ3) is 3.26. The van der Waals surface area contributed by atoms with E-state index in [0.717, 1.165) is 17.7 Å². The minimum Gasteiger partial charge on any atom is -0.448 e. The van der Waals surface area contributed by atoms with Crippen LogP contribution in [-0.2, 0) is 22.4 Å². The number of hydrogen-bond acceptors (Lipinski definition) is 4. The molecule has 1 N–H and O–H groups in total. The maximum Gasteiger partial charge on any atom is 0.349 e. The van der Waals surface area contributed by atoms with Gasteiger partial charge in [-0.2, -0.15) is 0 Å². The summed E-state index contributed by atoms with van der Waals surface area (Å²) in [5.41, 5.74) is 3.68. The van der Waals surface area contributed by atoms with Crippen LogP contribution >= 0.6 is 11.3 Å². The first-order valence-electron chi connectivity index (χ1n) is 7.90. The maximum absolute atomic E-state index is 12.4. The number of esters is 1. The summed E-state index contributed by atoms with van der Waals surface area (Å²) in [6, 6.07) is 10.2. The summed E-state index contributed by atoms with van der Waals surface area (Å²) < 4.78 is 5.29. The molecule has 24 heavy (non-hydrogen) atoms. The SMILES string of the molecule is C=CCNC(=O)[C@H](C)OC(=O)c1cc2c(s1)-c1ccccc1CC2. The highest BCUT2D eigenvalue weighted by atomic mass is 32.1. The predicted octanol–water partition coefficient (Wildman–Crippen LogP) is 3.36. The molecule has 2 aromatic rings. The van der Waals surface area contributed by atoms with E-state index in [1.165, 1.54) is 28.0 Å². The highest BCUT2D eigenvalue weighted by Crippen LogP contribution is 2.39. The number of carbonyl (C=O) groups is 2. The Hall–Kier alpha value is -2.40. The molecule has 0 fully saturated rings. The minimum absolute atomic E-state index is 0.324. The fourth-order valence-corrected chi connectivity index (χ4v) is 3.91. The van der Waals surface area contributed by atoms with Crippen molar-refractivity contribution in [1.82, 2.24) is 5.32 Å². The fourth-order valence-electron chi connectivity index (χ4n) is 2.76. The van der Waals surface area contributed by atoms with Crippen molar-refractivity contribution in [3.05, 3.63) is 59.0 Å². The van der Waals surface area contributed by atoms with Crippen LogP contribution in [-0.4, -0.2) is 24.5 Å². The summed E-state index contributed by atoms with van der Waals surface area (Å²) in [6.45, 7) is 5.46. The molecular formula is C19H19NO3S. The van der Waals surface area contributed by atoms with E-state index in [1.54, 1.807) is 13.0 Å². The Morgan fingerprint density at radius 3 is 2.88 bits per heavy atom. The van der Waals surface area contributed by atoms with Gasteiger partial charge in [-0.3, -0.25) is 4.79 Å². The Morgan fingerprint density at radius 2 is 2.08 bits per heavy atom. The van der Waals surface area contributed by atoms with Gasteiger partial charge in [0.2, 0.25) is 0 Å². The molecule has 3 rings (SSSR count). The van der Waals surface area contributed by atoms with Crippen molar-refractivity contribution in [3.63, 3.8) is 0 Å². The van der Waals surface area contributed by atoms with Crippen molar-refractivity contribution in [1.29, 1.82) is 0 Å². The first-order chi connectivity index (χ1) is 11.6. The van der Waals surface area contributed by atoms with Crippen LogP contribution in [0.25, 0.3) is 10.4 Å². The third-order valence-corrected chi connectivity index (χ3v) is 5.20. The van der Waals surface area contributed by atoms with Crippen LogP contribution in [0.15, 0.2) is 43.0 Å². The second kappa shape index (κ2) is 7.01. The number of ether oxygens (including phenoxy) is 1. The van der Waals surface area contributed by atoms with E-state index in [0.29, 0.717) is 11.4 Å². The summed E-state index contributed by atoms with van der Waals surface area (Å²) in [7, 11) is 0. The van der Waals surface area contributed by atoms with Crippen LogP contribution in [0.3, 0.4) is 0 Å². The van der Waals surface area contributed by atoms with Gasteiger partial charge in [0.05, 0.1) is 0 Å². The van der Waals surface area contributed by atoms with Crippen LogP contribution in [0.2, 0.25) is 0 Å². The lowest BCUT2D eigenvalue weighted by Gasteiger charge is -2.15. The average Bonchev–Trinajstić information content (AvgIpc) is 3.04. The van der Waals surface area contributed by atoms with Gasteiger partial charge in [-0.05, 0) is 42.5 Å². The van der Waals surface area contributed by atoms with E-state index in [1.807, 2.05) is 18.2 Å². The van der Waals surface area contributed by atoms with Crippen LogP contribution in [0.4, 0.5) is 0 Å². The van der Waals surface area contributed by atoms with Gasteiger partial charge in [0.25, 0.3) is 5.91 Å². The van der Waals surface area contributed by atoms with Crippen molar-refractivity contribution < 1.29 is 14.3 Å². The Labute approximate surface area is 145 Å². The molecule has 0 radical (unpaired) electrons. The monoisotopic (exact) mass is 341 g/mol. The molecule has 1 aliphatic carbocycles. The molecular weight excluding hydrogens is 322 g/mol. The van der Waals surface area contributed by atoms with Crippen LogP contribution < -0.4 is 5.32 Å². The number of thiophene rings is 1. The topological polar surface area (TPSA) is 55.4 Å². The molecule has 1 aromatic carbocycles. The van der Waals surface area contributed by atoms with Gasteiger partial charge >= 0.3 is 5.97 Å². The average molecular weight is 341 g/mol. The van der Waals surface area contributed by atoms with Crippen LogP contribution in [0, 0.1) is 0 Å². The largest absolute Gasteiger partial charge is 0.448 e. The number of benzene rings is 1. The van der Waals surface area contributed by atoms with Gasteiger partial charge in [0.1, 0.15) is 4.88 Å². The Morgan fingerprint density at radius 1 is 1.33 bits per heavy atom. The smallest absolute Gasteiger partial charge is 0.349 e. The molecule has 0 saturated carbocycles. The highest BCUT2D eigenvalue weighted by Gasteiger charge is 2.24. The first-order valence-corrected chi connectivity index (χ1v) is 8.72. The lowest BCUT2D eigenvalue weighted by atomic mass is 9.91. The second-order valence-electron chi connectivity index (χ2n) is 5.70. The molecule has 1 atom stereocenters. The molecule has 0 aliphatic heterocycles. The summed E-state index contributed by atoms with van der Waals surface area (Å²) in [5.74, 6) is -0.775. The van der Waals surface area contributed by atoms with E-state index in [2.05, 4.69) is 24.0 Å². The van der Waals surface area contributed by atoms with E-state index >= 15 is 0 Å². The molecule has 124 valence electrons. The van der Waals surface area contributed by atoms with Crippen molar-refractivity contribution >= 4 is 23.2 Å². The molecule has 4 nitrogen and oxygen atoms in total.